The number of aliphatic imine (C=N–C) groups is 1. The number of nitrogens with zero attached hydrogens (tertiary/aromatic N) is 2. The molecule has 2 rings (SSSR count). The van der Waals surface area contributed by atoms with Crippen LogP contribution >= 0.6 is 0 Å². The summed E-state index contributed by atoms with van der Waals surface area (Å²) < 4.78 is 0. The van der Waals surface area contributed by atoms with Crippen LogP contribution in [0.15, 0.2) is 4.99 Å². The normalized spacial score (nSPS) is 22.0. The van der Waals surface area contributed by atoms with Crippen LogP contribution in [-0.4, -0.2) is 49.5 Å². The van der Waals surface area contributed by atoms with Gasteiger partial charge >= 0.3 is 0 Å². The first-order valence-corrected chi connectivity index (χ1v) is 9.75. The molecule has 0 aromatic rings. The number of rotatable bonds is 5. The van der Waals surface area contributed by atoms with E-state index in [1.807, 2.05) is 25.8 Å². The van der Waals surface area contributed by atoms with Gasteiger partial charge in [0.15, 0.2) is 5.96 Å². The molecule has 1 aliphatic heterocycles. The molecule has 2 fully saturated rings. The van der Waals surface area contributed by atoms with Gasteiger partial charge in [-0.3, -0.25) is 9.79 Å². The molecule has 1 saturated carbocycles. The van der Waals surface area contributed by atoms with Crippen LogP contribution in [0.3, 0.4) is 0 Å². The zero-order chi connectivity index (χ0) is 17.6. The minimum absolute atomic E-state index is 0.0978. The van der Waals surface area contributed by atoms with Gasteiger partial charge in [0.1, 0.15) is 0 Å². The topological polar surface area (TPSA) is 56.7 Å². The Bertz CT molecular complexity index is 433. The van der Waals surface area contributed by atoms with E-state index in [0.29, 0.717) is 11.5 Å². The third kappa shape index (κ3) is 4.87. The summed E-state index contributed by atoms with van der Waals surface area (Å²) in [6.45, 7) is 8.99. The molecule has 0 aromatic carbocycles. The molecule has 0 aromatic heterocycles. The molecule has 0 bridgehead atoms. The van der Waals surface area contributed by atoms with Crippen LogP contribution in [0.4, 0.5) is 0 Å². The summed E-state index contributed by atoms with van der Waals surface area (Å²) in [6, 6.07) is 0.411. The Kier molecular flexibility index (Phi) is 6.93. The van der Waals surface area contributed by atoms with Gasteiger partial charge in [-0.15, -0.1) is 0 Å². The molecule has 24 heavy (non-hydrogen) atoms. The van der Waals surface area contributed by atoms with Crippen molar-refractivity contribution in [1.29, 1.82) is 0 Å². The Morgan fingerprint density at radius 3 is 2.38 bits per heavy atom. The van der Waals surface area contributed by atoms with Gasteiger partial charge in [0, 0.05) is 38.6 Å². The summed E-state index contributed by atoms with van der Waals surface area (Å²) in [5.74, 6) is 1.30. The quantitative estimate of drug-likeness (QED) is 0.599. The van der Waals surface area contributed by atoms with E-state index < -0.39 is 0 Å². The Balaban J connectivity index is 1.77. The van der Waals surface area contributed by atoms with Crippen molar-refractivity contribution in [2.75, 3.05) is 26.7 Å². The van der Waals surface area contributed by atoms with Crippen molar-refractivity contribution in [3.63, 3.8) is 0 Å². The number of carbonyl (C=O) groups excluding carboxylic acids is 1. The lowest BCUT2D eigenvalue weighted by Gasteiger charge is -2.35. The number of guanidine groups is 1. The highest BCUT2D eigenvalue weighted by atomic mass is 16.2. The van der Waals surface area contributed by atoms with Gasteiger partial charge < -0.3 is 15.5 Å². The zero-order valence-electron chi connectivity index (χ0n) is 16.0. The van der Waals surface area contributed by atoms with E-state index in [1.54, 1.807) is 0 Å². The molecule has 0 unspecified atom stereocenters. The molecule has 2 aliphatic rings. The van der Waals surface area contributed by atoms with E-state index in [4.69, 9.17) is 0 Å². The zero-order valence-corrected chi connectivity index (χ0v) is 16.0. The number of carbonyl (C=O) groups is 1. The summed E-state index contributed by atoms with van der Waals surface area (Å²) in [6.07, 6.45) is 8.64. The van der Waals surface area contributed by atoms with Crippen molar-refractivity contribution in [2.45, 2.75) is 71.8 Å². The fourth-order valence-corrected chi connectivity index (χ4v) is 4.05. The fraction of sp³-hybridized carbons (Fsp3) is 0.895. The Labute approximate surface area is 147 Å². The number of amides is 1. The second kappa shape index (κ2) is 8.72. The summed E-state index contributed by atoms with van der Waals surface area (Å²) in [5, 5.41) is 7.12. The second-order valence-corrected chi connectivity index (χ2v) is 7.89. The molecule has 5 nitrogen and oxygen atoms in total. The summed E-state index contributed by atoms with van der Waals surface area (Å²) in [7, 11) is 1.85. The van der Waals surface area contributed by atoms with Gasteiger partial charge in [-0.2, -0.15) is 0 Å². The van der Waals surface area contributed by atoms with Crippen molar-refractivity contribution in [1.82, 2.24) is 15.5 Å². The molecule has 0 atom stereocenters. The maximum atomic E-state index is 12.1. The van der Waals surface area contributed by atoms with E-state index in [0.717, 1.165) is 38.4 Å². The molecule has 1 amide bonds. The Morgan fingerprint density at radius 2 is 1.88 bits per heavy atom. The molecule has 1 aliphatic carbocycles. The lowest BCUT2D eigenvalue weighted by Crippen LogP contribution is -2.51. The largest absolute Gasteiger partial charge is 0.356 e. The SMILES string of the molecule is CCC1(CNC(=NC)NC2CCN(C(=O)C(C)C)CC2)CCCC1. The highest BCUT2D eigenvalue weighted by Crippen LogP contribution is 2.40. The van der Waals surface area contributed by atoms with Gasteiger partial charge in [-0.05, 0) is 37.5 Å². The van der Waals surface area contributed by atoms with Crippen LogP contribution < -0.4 is 10.6 Å². The minimum Gasteiger partial charge on any atom is -0.356 e. The fourth-order valence-electron chi connectivity index (χ4n) is 4.05. The second-order valence-electron chi connectivity index (χ2n) is 7.89. The van der Waals surface area contributed by atoms with Gasteiger partial charge in [-0.1, -0.05) is 33.6 Å². The molecular formula is C19H36N4O. The van der Waals surface area contributed by atoms with Crippen LogP contribution in [0.5, 0.6) is 0 Å². The number of likely N-dealkylation sites (tertiary alicyclic amines) is 1. The smallest absolute Gasteiger partial charge is 0.225 e. The summed E-state index contributed by atoms with van der Waals surface area (Å²) >= 11 is 0. The first kappa shape index (κ1) is 19.1. The maximum Gasteiger partial charge on any atom is 0.225 e. The third-order valence-corrected chi connectivity index (χ3v) is 5.91. The van der Waals surface area contributed by atoms with E-state index in [-0.39, 0.29) is 11.8 Å². The molecule has 2 N–H and O–H groups in total. The molecular weight excluding hydrogens is 300 g/mol. The Hall–Kier alpha value is -1.26. The molecule has 1 heterocycles. The van der Waals surface area contributed by atoms with Gasteiger partial charge in [0.2, 0.25) is 5.91 Å². The molecule has 1 saturated heterocycles. The van der Waals surface area contributed by atoms with E-state index in [9.17, 15) is 4.79 Å². The Morgan fingerprint density at radius 1 is 1.25 bits per heavy atom. The van der Waals surface area contributed by atoms with Crippen LogP contribution in [0.1, 0.15) is 65.7 Å². The lowest BCUT2D eigenvalue weighted by atomic mass is 9.83. The van der Waals surface area contributed by atoms with Crippen LogP contribution in [0, 0.1) is 11.3 Å². The number of piperidine rings is 1. The van der Waals surface area contributed by atoms with Crippen molar-refractivity contribution >= 4 is 11.9 Å². The van der Waals surface area contributed by atoms with E-state index in [1.165, 1.54) is 32.1 Å². The van der Waals surface area contributed by atoms with Crippen molar-refractivity contribution < 1.29 is 4.79 Å². The van der Waals surface area contributed by atoms with Crippen LogP contribution in [-0.2, 0) is 4.79 Å². The average molecular weight is 337 g/mol. The first-order chi connectivity index (χ1) is 11.5. The van der Waals surface area contributed by atoms with E-state index in [2.05, 4.69) is 22.5 Å². The average Bonchev–Trinajstić information content (AvgIpc) is 3.08. The number of nitrogens with one attached hydrogen (secondary N) is 2. The maximum absolute atomic E-state index is 12.1. The number of hydrogen-bond acceptors (Lipinski definition) is 2. The van der Waals surface area contributed by atoms with E-state index >= 15 is 0 Å². The highest BCUT2D eigenvalue weighted by molar-refractivity contribution is 5.80. The third-order valence-electron chi connectivity index (χ3n) is 5.91. The van der Waals surface area contributed by atoms with Crippen molar-refractivity contribution in [3.05, 3.63) is 0 Å². The van der Waals surface area contributed by atoms with Crippen molar-refractivity contribution in [2.24, 2.45) is 16.3 Å². The van der Waals surface area contributed by atoms with Crippen molar-refractivity contribution in [3.8, 4) is 0 Å². The molecule has 138 valence electrons. The minimum atomic E-state index is 0.0978. The molecule has 0 spiro atoms. The van der Waals surface area contributed by atoms with Crippen LogP contribution in [0.2, 0.25) is 0 Å². The van der Waals surface area contributed by atoms with Gasteiger partial charge in [-0.25, -0.2) is 0 Å². The predicted molar refractivity (Wildman–Crippen MR) is 100 cm³/mol. The van der Waals surface area contributed by atoms with Gasteiger partial charge in [0.05, 0.1) is 0 Å². The summed E-state index contributed by atoms with van der Waals surface area (Å²) in [5.41, 5.74) is 0.463. The van der Waals surface area contributed by atoms with Crippen LogP contribution in [0.25, 0.3) is 0 Å². The number of hydrogen-bond donors (Lipinski definition) is 2. The van der Waals surface area contributed by atoms with Gasteiger partial charge in [0.25, 0.3) is 0 Å². The first-order valence-electron chi connectivity index (χ1n) is 9.75. The lowest BCUT2D eigenvalue weighted by molar-refractivity contribution is -0.135. The summed E-state index contributed by atoms with van der Waals surface area (Å²) in [4.78, 5) is 18.5. The molecule has 5 heteroatoms. The predicted octanol–water partition coefficient (Wildman–Crippen LogP) is 2.77. The highest BCUT2D eigenvalue weighted by Gasteiger charge is 2.32. The monoisotopic (exact) mass is 336 g/mol. The standard InChI is InChI=1S/C19H36N4O/c1-5-19(10-6-7-11-19)14-21-18(20-4)22-16-8-12-23(13-9-16)17(24)15(2)3/h15-16H,5-14H2,1-4H3,(H2,20,21,22). The molecule has 0 radical (unpaired) electrons.